The van der Waals surface area contributed by atoms with E-state index in [0.29, 0.717) is 19.0 Å². The second-order valence-electron chi connectivity index (χ2n) is 5.93. The molecular formula is C17H25F3N4. The largest absolute Gasteiger partial charge is 0.390 e. The fraction of sp³-hybridized carbons (Fsp3) is 0.588. The molecule has 0 saturated heterocycles. The Labute approximate surface area is 141 Å². The van der Waals surface area contributed by atoms with Crippen LogP contribution in [0.1, 0.15) is 25.8 Å². The van der Waals surface area contributed by atoms with E-state index in [1.54, 1.807) is 0 Å². The van der Waals surface area contributed by atoms with Crippen LogP contribution >= 0.6 is 0 Å². The van der Waals surface area contributed by atoms with E-state index in [9.17, 15) is 13.2 Å². The Balaban J connectivity index is 1.91. The number of hydrogen-bond acceptors (Lipinski definition) is 2. The van der Waals surface area contributed by atoms with Crippen LogP contribution in [0.3, 0.4) is 0 Å². The molecule has 1 atom stereocenters. The molecule has 1 heterocycles. The number of halogens is 3. The molecule has 0 radical (unpaired) electrons. The predicted octanol–water partition coefficient (Wildman–Crippen LogP) is 2.95. The second-order valence-corrected chi connectivity index (χ2v) is 5.93. The Hall–Kier alpha value is -1.92. The lowest BCUT2D eigenvalue weighted by Gasteiger charge is -2.26. The van der Waals surface area contributed by atoms with Crippen LogP contribution in [0.4, 0.5) is 18.9 Å². The fourth-order valence-electron chi connectivity index (χ4n) is 2.81. The normalized spacial score (nSPS) is 16.0. The number of para-hydroxylation sites is 1. The number of alkyl halides is 3. The quantitative estimate of drug-likeness (QED) is 0.617. The molecule has 1 aromatic carbocycles. The first kappa shape index (κ1) is 18.4. The van der Waals surface area contributed by atoms with Gasteiger partial charge < -0.3 is 15.5 Å². The molecule has 1 aromatic rings. The van der Waals surface area contributed by atoms with Gasteiger partial charge in [0.05, 0.1) is 13.0 Å². The van der Waals surface area contributed by atoms with Gasteiger partial charge in [-0.05, 0) is 31.9 Å². The maximum Gasteiger partial charge on any atom is 0.390 e. The van der Waals surface area contributed by atoms with Crippen LogP contribution in [0.25, 0.3) is 0 Å². The van der Waals surface area contributed by atoms with Crippen molar-refractivity contribution in [3.63, 3.8) is 0 Å². The number of aliphatic imine (C=N–C) groups is 1. The third-order valence-electron chi connectivity index (χ3n) is 4.01. The molecule has 2 rings (SSSR count). The van der Waals surface area contributed by atoms with Crippen molar-refractivity contribution in [3.05, 3.63) is 29.8 Å². The summed E-state index contributed by atoms with van der Waals surface area (Å²) in [5.74, 6) is 0.432. The van der Waals surface area contributed by atoms with Crippen LogP contribution in [0.2, 0.25) is 0 Å². The molecule has 1 aliphatic rings. The molecule has 0 fully saturated rings. The molecule has 0 spiro atoms. The number of hydrogen-bond donors (Lipinski definition) is 2. The molecule has 1 unspecified atom stereocenters. The molecule has 0 aliphatic carbocycles. The summed E-state index contributed by atoms with van der Waals surface area (Å²) in [4.78, 5) is 6.74. The molecule has 0 amide bonds. The first-order valence-corrected chi connectivity index (χ1v) is 8.34. The van der Waals surface area contributed by atoms with Gasteiger partial charge in [0.1, 0.15) is 0 Å². The number of fused-ring (bicyclic) bond motifs is 1. The fourth-order valence-corrected chi connectivity index (χ4v) is 2.81. The van der Waals surface area contributed by atoms with Crippen LogP contribution < -0.4 is 15.5 Å². The van der Waals surface area contributed by atoms with E-state index in [-0.39, 0.29) is 12.6 Å². The first-order valence-electron chi connectivity index (χ1n) is 8.34. The van der Waals surface area contributed by atoms with E-state index in [0.717, 1.165) is 13.0 Å². The van der Waals surface area contributed by atoms with Gasteiger partial charge >= 0.3 is 6.18 Å². The third-order valence-corrected chi connectivity index (χ3v) is 4.01. The average molecular weight is 342 g/mol. The van der Waals surface area contributed by atoms with Crippen LogP contribution in [0, 0.1) is 0 Å². The van der Waals surface area contributed by atoms with Gasteiger partial charge in [-0.15, -0.1) is 0 Å². The lowest BCUT2D eigenvalue weighted by molar-refractivity contribution is -0.132. The SMILES string of the molecule is CCNC(=NCC(C)N1CCc2ccccc21)NCCC(F)(F)F. The summed E-state index contributed by atoms with van der Waals surface area (Å²) in [7, 11) is 0. The van der Waals surface area contributed by atoms with E-state index < -0.39 is 12.6 Å². The summed E-state index contributed by atoms with van der Waals surface area (Å²) >= 11 is 0. The van der Waals surface area contributed by atoms with Crippen molar-refractivity contribution in [2.24, 2.45) is 4.99 Å². The monoisotopic (exact) mass is 342 g/mol. The Morgan fingerprint density at radius 3 is 2.75 bits per heavy atom. The predicted molar refractivity (Wildman–Crippen MR) is 91.6 cm³/mol. The zero-order valence-corrected chi connectivity index (χ0v) is 14.2. The standard InChI is InChI=1S/C17H25F3N4/c1-3-21-16(22-10-9-17(18,19)20)23-12-13(2)24-11-8-14-6-4-5-7-15(14)24/h4-7,13H,3,8-12H2,1-2H3,(H2,21,22,23). The molecule has 0 bridgehead atoms. The highest BCUT2D eigenvalue weighted by Gasteiger charge is 2.26. The highest BCUT2D eigenvalue weighted by Crippen LogP contribution is 2.29. The molecule has 2 N–H and O–H groups in total. The number of nitrogens with zero attached hydrogens (tertiary/aromatic N) is 2. The molecule has 1 aliphatic heterocycles. The van der Waals surface area contributed by atoms with Gasteiger partial charge in [0.2, 0.25) is 0 Å². The molecule has 134 valence electrons. The maximum atomic E-state index is 12.2. The Morgan fingerprint density at radius 1 is 1.29 bits per heavy atom. The Kier molecular flexibility index (Phi) is 6.34. The zero-order chi connectivity index (χ0) is 17.6. The second kappa shape index (κ2) is 8.26. The molecule has 4 nitrogen and oxygen atoms in total. The van der Waals surface area contributed by atoms with Crippen molar-refractivity contribution in [1.82, 2.24) is 10.6 Å². The number of rotatable bonds is 6. The highest BCUT2D eigenvalue weighted by atomic mass is 19.4. The maximum absolute atomic E-state index is 12.2. The van der Waals surface area contributed by atoms with Gasteiger partial charge in [0, 0.05) is 31.4 Å². The number of nitrogens with one attached hydrogen (secondary N) is 2. The van der Waals surface area contributed by atoms with Crippen molar-refractivity contribution in [3.8, 4) is 0 Å². The van der Waals surface area contributed by atoms with E-state index >= 15 is 0 Å². The Bertz CT molecular complexity index is 557. The van der Waals surface area contributed by atoms with Crippen LogP contribution in [0.5, 0.6) is 0 Å². The lowest BCUT2D eigenvalue weighted by atomic mass is 10.2. The van der Waals surface area contributed by atoms with Gasteiger partial charge in [0.25, 0.3) is 0 Å². The Morgan fingerprint density at radius 2 is 2.04 bits per heavy atom. The van der Waals surface area contributed by atoms with Gasteiger partial charge in [0.15, 0.2) is 5.96 Å². The van der Waals surface area contributed by atoms with E-state index in [1.807, 2.05) is 19.1 Å². The van der Waals surface area contributed by atoms with Crippen molar-refractivity contribution in [2.45, 2.75) is 38.9 Å². The average Bonchev–Trinajstić information content (AvgIpc) is 2.95. The summed E-state index contributed by atoms with van der Waals surface area (Å²) in [5, 5.41) is 5.73. The van der Waals surface area contributed by atoms with Crippen LogP contribution in [-0.2, 0) is 6.42 Å². The minimum absolute atomic E-state index is 0.170. The van der Waals surface area contributed by atoms with Gasteiger partial charge in [-0.2, -0.15) is 13.2 Å². The minimum atomic E-state index is -4.16. The van der Waals surface area contributed by atoms with Gasteiger partial charge in [-0.3, -0.25) is 4.99 Å². The summed E-state index contributed by atoms with van der Waals surface area (Å²) in [6, 6.07) is 8.49. The zero-order valence-electron chi connectivity index (χ0n) is 14.2. The summed E-state index contributed by atoms with van der Waals surface area (Å²) in [6.07, 6.45) is -4.00. The summed E-state index contributed by atoms with van der Waals surface area (Å²) in [6.45, 7) is 5.89. The smallest absolute Gasteiger partial charge is 0.366 e. The topological polar surface area (TPSA) is 39.7 Å². The number of benzene rings is 1. The molecule has 0 saturated carbocycles. The van der Waals surface area contributed by atoms with Crippen LogP contribution in [0.15, 0.2) is 29.3 Å². The third kappa shape index (κ3) is 5.32. The van der Waals surface area contributed by atoms with Crippen LogP contribution in [-0.4, -0.2) is 44.4 Å². The highest BCUT2D eigenvalue weighted by molar-refractivity contribution is 5.79. The number of anilines is 1. The lowest BCUT2D eigenvalue weighted by Crippen LogP contribution is -2.40. The summed E-state index contributed by atoms with van der Waals surface area (Å²) < 4.78 is 36.7. The molecular weight excluding hydrogens is 317 g/mol. The van der Waals surface area contributed by atoms with E-state index in [4.69, 9.17) is 0 Å². The summed E-state index contributed by atoms with van der Waals surface area (Å²) in [5.41, 5.74) is 2.57. The molecule has 0 aromatic heterocycles. The molecule has 7 heteroatoms. The molecule has 24 heavy (non-hydrogen) atoms. The van der Waals surface area contributed by atoms with Crippen molar-refractivity contribution in [2.75, 3.05) is 31.1 Å². The van der Waals surface area contributed by atoms with Crippen molar-refractivity contribution in [1.29, 1.82) is 0 Å². The van der Waals surface area contributed by atoms with Gasteiger partial charge in [-0.1, -0.05) is 18.2 Å². The van der Waals surface area contributed by atoms with Crippen molar-refractivity contribution >= 4 is 11.6 Å². The minimum Gasteiger partial charge on any atom is -0.366 e. The van der Waals surface area contributed by atoms with Crippen molar-refractivity contribution < 1.29 is 13.2 Å². The first-order chi connectivity index (χ1) is 11.4. The van der Waals surface area contributed by atoms with Gasteiger partial charge in [-0.25, -0.2) is 0 Å². The van der Waals surface area contributed by atoms with E-state index in [2.05, 4.69) is 39.6 Å². The van der Waals surface area contributed by atoms with E-state index in [1.165, 1.54) is 11.3 Å². The number of guanidine groups is 1.